The molecule has 1 fully saturated rings. The summed E-state index contributed by atoms with van der Waals surface area (Å²) in [7, 11) is 0. The minimum atomic E-state index is -4.67. The third kappa shape index (κ3) is 5.60. The first-order chi connectivity index (χ1) is 15.9. The molecule has 33 heavy (non-hydrogen) atoms. The van der Waals surface area contributed by atoms with E-state index >= 15 is 0 Å². The van der Waals surface area contributed by atoms with E-state index in [-0.39, 0.29) is 11.9 Å². The summed E-state index contributed by atoms with van der Waals surface area (Å²) < 4.78 is 47.6. The second-order valence-corrected chi connectivity index (χ2v) is 7.48. The average molecular weight is 461 g/mol. The van der Waals surface area contributed by atoms with E-state index in [0.29, 0.717) is 37.6 Å². The zero-order valence-corrected chi connectivity index (χ0v) is 17.7. The number of anilines is 1. The minimum absolute atomic E-state index is 0.0153. The molecule has 1 saturated heterocycles. The number of nitrogens with zero attached hydrogens (tertiary/aromatic N) is 5. The van der Waals surface area contributed by atoms with Gasteiger partial charge < -0.3 is 14.2 Å². The summed E-state index contributed by atoms with van der Waals surface area (Å²) in [5.41, 5.74) is 1.26. The largest absolute Gasteiger partial charge is 0.494 e. The zero-order chi connectivity index (χ0) is 23.3. The molecule has 0 N–H and O–H groups in total. The van der Waals surface area contributed by atoms with Crippen molar-refractivity contribution in [3.63, 3.8) is 0 Å². The van der Waals surface area contributed by atoms with Gasteiger partial charge in [-0.2, -0.15) is 18.2 Å². The number of carbonyl (C=O) groups excluding carboxylic acids is 1. The molecular formula is C22H22F3N5O3. The lowest BCUT2D eigenvalue weighted by atomic mass is 10.2. The van der Waals surface area contributed by atoms with Gasteiger partial charge >= 0.3 is 18.1 Å². The average Bonchev–Trinajstić information content (AvgIpc) is 3.45. The first-order valence-corrected chi connectivity index (χ1v) is 10.5. The van der Waals surface area contributed by atoms with Crippen LogP contribution in [-0.2, 0) is 6.18 Å². The molecule has 1 aromatic carbocycles. The molecule has 1 aliphatic rings. The number of halogens is 3. The Hall–Kier alpha value is -3.63. The van der Waals surface area contributed by atoms with Crippen molar-refractivity contribution in [1.82, 2.24) is 20.0 Å². The third-order valence-electron chi connectivity index (χ3n) is 5.19. The molecule has 0 radical (unpaired) electrons. The molecule has 0 saturated carbocycles. The Morgan fingerprint density at radius 3 is 2.45 bits per heavy atom. The number of ether oxygens (including phenoxy) is 1. The fourth-order valence-corrected chi connectivity index (χ4v) is 3.48. The van der Waals surface area contributed by atoms with Crippen LogP contribution >= 0.6 is 0 Å². The molecule has 0 aliphatic carbocycles. The molecule has 11 heteroatoms. The Labute approximate surface area is 188 Å². The van der Waals surface area contributed by atoms with Gasteiger partial charge in [0.05, 0.1) is 6.61 Å². The lowest BCUT2D eigenvalue weighted by molar-refractivity contribution is -0.159. The molecule has 0 atom stereocenters. The van der Waals surface area contributed by atoms with E-state index in [4.69, 9.17) is 4.74 Å². The van der Waals surface area contributed by atoms with Gasteiger partial charge in [-0.15, -0.1) is 0 Å². The van der Waals surface area contributed by atoms with Gasteiger partial charge in [0, 0.05) is 43.3 Å². The Bertz CT molecular complexity index is 1060. The highest BCUT2D eigenvalue weighted by Crippen LogP contribution is 2.29. The van der Waals surface area contributed by atoms with Crippen LogP contribution in [0, 0.1) is 0 Å². The summed E-state index contributed by atoms with van der Waals surface area (Å²) >= 11 is 0. The minimum Gasteiger partial charge on any atom is -0.494 e. The highest BCUT2D eigenvalue weighted by Gasteiger charge is 2.38. The summed E-state index contributed by atoms with van der Waals surface area (Å²) in [5, 5.41) is 3.36. The predicted octanol–water partition coefficient (Wildman–Crippen LogP) is 4.64. The Morgan fingerprint density at radius 2 is 1.76 bits per heavy atom. The number of carbonyl (C=O) groups is 1. The van der Waals surface area contributed by atoms with Gasteiger partial charge in [-0.3, -0.25) is 9.88 Å². The number of alkyl halides is 3. The molecule has 174 valence electrons. The van der Waals surface area contributed by atoms with Crippen LogP contribution in [-0.4, -0.2) is 52.3 Å². The smallest absolute Gasteiger partial charge is 0.471 e. The number of urea groups is 1. The second kappa shape index (κ2) is 9.88. The highest BCUT2D eigenvalue weighted by molar-refractivity contribution is 5.93. The van der Waals surface area contributed by atoms with E-state index in [1.165, 1.54) is 0 Å². The summed E-state index contributed by atoms with van der Waals surface area (Å²) in [6.45, 7) is 2.56. The summed E-state index contributed by atoms with van der Waals surface area (Å²) in [5.74, 6) is -0.910. The maximum Gasteiger partial charge on any atom is 0.471 e. The van der Waals surface area contributed by atoms with E-state index in [1.54, 1.807) is 41.6 Å². The molecule has 0 spiro atoms. The van der Waals surface area contributed by atoms with Crippen molar-refractivity contribution in [2.45, 2.75) is 25.4 Å². The molecule has 0 bridgehead atoms. The quantitative estimate of drug-likeness (QED) is 0.432. The van der Waals surface area contributed by atoms with Crippen molar-refractivity contribution in [2.75, 3.05) is 31.1 Å². The number of rotatable bonds is 9. The van der Waals surface area contributed by atoms with Crippen molar-refractivity contribution in [3.8, 4) is 17.1 Å². The Balaban J connectivity index is 1.15. The van der Waals surface area contributed by atoms with Gasteiger partial charge in [0.15, 0.2) is 0 Å². The number of pyridine rings is 1. The van der Waals surface area contributed by atoms with Crippen LogP contribution in [0.5, 0.6) is 5.75 Å². The molecule has 1 aliphatic heterocycles. The van der Waals surface area contributed by atoms with Crippen molar-refractivity contribution < 1.29 is 27.2 Å². The van der Waals surface area contributed by atoms with E-state index in [1.807, 2.05) is 17.0 Å². The zero-order valence-electron chi connectivity index (χ0n) is 17.7. The van der Waals surface area contributed by atoms with Crippen LogP contribution in [0.3, 0.4) is 0 Å². The maximum atomic E-state index is 12.6. The Morgan fingerprint density at radius 1 is 1.00 bits per heavy atom. The summed E-state index contributed by atoms with van der Waals surface area (Å²) in [4.78, 5) is 23.5. The first kappa shape index (κ1) is 22.6. The topological polar surface area (TPSA) is 84.6 Å². The lowest BCUT2D eigenvalue weighted by Gasteiger charge is -2.18. The van der Waals surface area contributed by atoms with Crippen molar-refractivity contribution in [1.29, 1.82) is 0 Å². The van der Waals surface area contributed by atoms with Crippen LogP contribution < -0.4 is 9.64 Å². The van der Waals surface area contributed by atoms with Gasteiger partial charge in [0.1, 0.15) is 5.75 Å². The summed E-state index contributed by atoms with van der Waals surface area (Å²) in [6.07, 6.45) is 1.27. The molecule has 3 aromatic rings. The summed E-state index contributed by atoms with van der Waals surface area (Å²) in [6, 6.07) is 10.1. The second-order valence-electron chi connectivity index (χ2n) is 7.48. The van der Waals surface area contributed by atoms with E-state index in [0.717, 1.165) is 24.9 Å². The maximum absolute atomic E-state index is 12.6. The molecule has 0 unspecified atom stereocenters. The van der Waals surface area contributed by atoms with Crippen LogP contribution in [0.1, 0.15) is 25.2 Å². The number of hydrogen-bond acceptors (Lipinski definition) is 6. The number of aromatic nitrogens is 3. The van der Waals surface area contributed by atoms with Gasteiger partial charge in [-0.05, 0) is 55.7 Å². The molecule has 2 aromatic heterocycles. The fourth-order valence-electron chi connectivity index (χ4n) is 3.48. The van der Waals surface area contributed by atoms with E-state index in [9.17, 15) is 18.0 Å². The molecule has 4 rings (SSSR count). The molecule has 3 heterocycles. The first-order valence-electron chi connectivity index (χ1n) is 10.5. The van der Waals surface area contributed by atoms with Crippen LogP contribution in [0.4, 0.5) is 23.7 Å². The Kier molecular flexibility index (Phi) is 6.76. The van der Waals surface area contributed by atoms with Crippen molar-refractivity contribution in [2.24, 2.45) is 0 Å². The highest BCUT2D eigenvalue weighted by atomic mass is 19.4. The standard InChI is InChI=1S/C22H22F3N5O3/c23-22(24,25)20-27-19(28-33-20)16-4-6-18(7-5-16)32-15-3-1-2-12-29-13-14-30(21(29)31)17-8-10-26-11-9-17/h4-11H,1-3,12-15H2. The third-order valence-corrected chi connectivity index (χ3v) is 5.19. The lowest BCUT2D eigenvalue weighted by Crippen LogP contribution is -2.32. The molecule has 2 amide bonds. The van der Waals surface area contributed by atoms with E-state index < -0.39 is 12.1 Å². The SMILES string of the molecule is O=C1N(CCCCCOc2ccc(-c3noc(C(F)(F)F)n3)cc2)CCN1c1ccncc1. The van der Waals surface area contributed by atoms with Gasteiger partial charge in [-0.25, -0.2) is 4.79 Å². The van der Waals surface area contributed by atoms with E-state index in [2.05, 4.69) is 19.6 Å². The van der Waals surface area contributed by atoms with Crippen molar-refractivity contribution >= 4 is 11.7 Å². The van der Waals surface area contributed by atoms with Crippen LogP contribution in [0.25, 0.3) is 11.4 Å². The van der Waals surface area contributed by atoms with Gasteiger partial charge in [0.2, 0.25) is 5.82 Å². The number of unbranched alkanes of at least 4 members (excludes halogenated alkanes) is 2. The number of benzene rings is 1. The number of hydrogen-bond donors (Lipinski definition) is 0. The monoisotopic (exact) mass is 461 g/mol. The molecular weight excluding hydrogens is 439 g/mol. The van der Waals surface area contributed by atoms with Crippen molar-refractivity contribution in [3.05, 3.63) is 54.7 Å². The predicted molar refractivity (Wildman–Crippen MR) is 113 cm³/mol. The normalized spacial score (nSPS) is 14.2. The van der Waals surface area contributed by atoms with Gasteiger partial charge in [-0.1, -0.05) is 5.16 Å². The number of amides is 2. The van der Waals surface area contributed by atoms with Crippen LogP contribution in [0.2, 0.25) is 0 Å². The van der Waals surface area contributed by atoms with Crippen LogP contribution in [0.15, 0.2) is 53.3 Å². The van der Waals surface area contributed by atoms with Gasteiger partial charge in [0.25, 0.3) is 0 Å². The fraction of sp³-hybridized carbons (Fsp3) is 0.364. The molecule has 8 nitrogen and oxygen atoms in total.